The van der Waals surface area contributed by atoms with Crippen LogP contribution in [-0.4, -0.2) is 92.3 Å². The molecular weight excluding hydrogens is 648 g/mol. The van der Waals surface area contributed by atoms with Gasteiger partial charge in [0.15, 0.2) is 5.60 Å². The summed E-state index contributed by atoms with van der Waals surface area (Å²) in [6.07, 6.45) is 2.38. The quantitative estimate of drug-likeness (QED) is 0.148. The molecule has 3 amide bonds. The van der Waals surface area contributed by atoms with Crippen molar-refractivity contribution in [1.82, 2.24) is 10.2 Å². The highest BCUT2D eigenvalue weighted by molar-refractivity contribution is 6.72. The molecule has 0 radical (unpaired) electrons. The first-order valence-electron chi connectivity index (χ1n) is 17.6. The van der Waals surface area contributed by atoms with E-state index in [9.17, 15) is 24.6 Å². The number of likely N-dealkylation sites (tertiary alicyclic amines) is 1. The van der Waals surface area contributed by atoms with Crippen molar-refractivity contribution in [3.63, 3.8) is 0 Å². The van der Waals surface area contributed by atoms with Gasteiger partial charge in [-0.15, -0.1) is 0 Å². The Morgan fingerprint density at radius 3 is 2.69 bits per heavy atom. The number of fused-ring (bicyclic) bond motifs is 3. The summed E-state index contributed by atoms with van der Waals surface area (Å²) in [5.41, 5.74) is 1.00. The zero-order valence-corrected chi connectivity index (χ0v) is 29.8. The minimum absolute atomic E-state index is 0.0798. The van der Waals surface area contributed by atoms with Crippen molar-refractivity contribution in [3.8, 4) is 5.75 Å². The fourth-order valence-electron chi connectivity index (χ4n) is 8.56. The van der Waals surface area contributed by atoms with E-state index in [4.69, 9.17) is 9.47 Å². The molecule has 2 aromatic carbocycles. The van der Waals surface area contributed by atoms with Gasteiger partial charge in [0, 0.05) is 41.5 Å². The number of hydrogen-bond donors (Lipinski definition) is 4. The summed E-state index contributed by atoms with van der Waals surface area (Å²) in [4.78, 5) is 45.1. The topological polar surface area (TPSA) is 141 Å². The maximum Gasteiger partial charge on any atom is 0.261 e. The zero-order valence-electron chi connectivity index (χ0n) is 28.8. The summed E-state index contributed by atoms with van der Waals surface area (Å²) < 4.78 is 28.7. The van der Waals surface area contributed by atoms with Crippen molar-refractivity contribution >= 4 is 43.2 Å². The van der Waals surface area contributed by atoms with Gasteiger partial charge in [0.1, 0.15) is 5.75 Å². The number of unbranched alkanes of at least 4 members (excludes halogenated alkanes) is 1. The summed E-state index contributed by atoms with van der Waals surface area (Å²) in [6, 6.07) is 10.2. The number of aliphatic hydroxyl groups is 2. The van der Waals surface area contributed by atoms with Gasteiger partial charge in [-0.1, -0.05) is 6.92 Å². The molecule has 2 fully saturated rings. The SMILES string of the molecule is CCOc1ccc2c(c1)CC(NCCCCO)C(=O)N2c1ccc2c(c1)[C@@]1(O[C@H](CC(=O)N3CCC[C@H]3CO)[C@@H]([Si](C)(C)F)[C@@H]1C)C(=O)N2. The first-order chi connectivity index (χ1) is 23.4. The third-order valence-electron chi connectivity index (χ3n) is 10.8. The molecule has 4 heterocycles. The molecule has 6 rings (SSSR count). The Bertz CT molecular complexity index is 1590. The Kier molecular flexibility index (Phi) is 10.2. The lowest BCUT2D eigenvalue weighted by Gasteiger charge is -2.36. The van der Waals surface area contributed by atoms with Crippen LogP contribution >= 0.6 is 0 Å². The van der Waals surface area contributed by atoms with Crippen molar-refractivity contribution in [3.05, 3.63) is 47.5 Å². The van der Waals surface area contributed by atoms with E-state index < -0.39 is 43.5 Å². The molecule has 4 aliphatic rings. The first-order valence-corrected chi connectivity index (χ1v) is 20.6. The molecule has 6 atom stereocenters. The predicted octanol–water partition coefficient (Wildman–Crippen LogP) is 4.14. The second-order valence-corrected chi connectivity index (χ2v) is 18.1. The summed E-state index contributed by atoms with van der Waals surface area (Å²) in [6.45, 7) is 8.48. The van der Waals surface area contributed by atoms with Crippen molar-refractivity contribution in [2.75, 3.05) is 43.1 Å². The average molecular weight is 697 g/mol. The van der Waals surface area contributed by atoms with Gasteiger partial charge >= 0.3 is 0 Å². The van der Waals surface area contributed by atoms with Gasteiger partial charge in [0.25, 0.3) is 5.91 Å². The number of hydrogen-bond acceptors (Lipinski definition) is 8. The van der Waals surface area contributed by atoms with Gasteiger partial charge in [-0.3, -0.25) is 19.3 Å². The van der Waals surface area contributed by atoms with Crippen molar-refractivity contribution in [2.24, 2.45) is 5.92 Å². The van der Waals surface area contributed by atoms with E-state index >= 15 is 4.11 Å². The molecule has 0 saturated carbocycles. The monoisotopic (exact) mass is 696 g/mol. The van der Waals surface area contributed by atoms with Gasteiger partial charge in [0.2, 0.25) is 20.2 Å². The first kappa shape index (κ1) is 35.5. The molecule has 2 saturated heterocycles. The minimum atomic E-state index is -3.50. The van der Waals surface area contributed by atoms with Gasteiger partial charge in [-0.25, -0.2) is 0 Å². The van der Waals surface area contributed by atoms with E-state index in [1.807, 2.05) is 32.0 Å². The largest absolute Gasteiger partial charge is 0.494 e. The number of nitrogens with one attached hydrogen (secondary N) is 2. The van der Waals surface area contributed by atoms with E-state index in [0.717, 1.165) is 12.0 Å². The molecule has 0 bridgehead atoms. The number of halogens is 1. The van der Waals surface area contributed by atoms with Gasteiger partial charge in [-0.2, -0.15) is 0 Å². The highest BCUT2D eigenvalue weighted by Gasteiger charge is 2.65. The van der Waals surface area contributed by atoms with Crippen LogP contribution in [-0.2, 0) is 31.1 Å². The summed E-state index contributed by atoms with van der Waals surface area (Å²) in [7, 11) is -3.50. The van der Waals surface area contributed by atoms with Crippen LogP contribution in [0, 0.1) is 5.92 Å². The smallest absolute Gasteiger partial charge is 0.261 e. The standard InChI is InChI=1S/C36H49FN4O7Si/c1-5-47-26-11-13-30-23(17-26)18-29(38-14-6-7-16-42)34(45)41(30)24-10-12-28-27(19-24)36(35(46)39-28)22(2)33(49(3,4)37)31(48-36)20-32(44)40-15-8-9-25(40)21-43/h10-13,17,19,22,25,29,31,33,38,42-43H,5-9,14-16,18,20-21H2,1-4H3,(H,39,46)/t22-,25-,29?,31+,33-,36+/m0/s1. The number of ether oxygens (including phenoxy) is 2. The second kappa shape index (κ2) is 14.1. The lowest BCUT2D eigenvalue weighted by Crippen LogP contribution is -2.49. The normalized spacial score (nSPS) is 27.9. The van der Waals surface area contributed by atoms with Crippen LogP contribution in [0.25, 0.3) is 0 Å². The number of carbonyl (C=O) groups excluding carboxylic acids is 3. The summed E-state index contributed by atoms with van der Waals surface area (Å²) in [5.74, 6) is -0.667. The average Bonchev–Trinajstić information content (AvgIpc) is 3.74. The number of nitrogens with zero attached hydrogens (tertiary/aromatic N) is 2. The van der Waals surface area contributed by atoms with Crippen LogP contribution in [0.1, 0.15) is 57.1 Å². The number of anilines is 3. The molecular formula is C36H49FN4O7Si. The molecule has 11 nitrogen and oxygen atoms in total. The van der Waals surface area contributed by atoms with Crippen LogP contribution < -0.4 is 20.3 Å². The number of rotatable bonds is 12. The highest BCUT2D eigenvalue weighted by Crippen LogP contribution is 2.59. The molecule has 0 aromatic heterocycles. The van der Waals surface area contributed by atoms with E-state index in [1.165, 1.54) is 0 Å². The highest BCUT2D eigenvalue weighted by atomic mass is 28.4. The Morgan fingerprint density at radius 2 is 1.98 bits per heavy atom. The number of benzene rings is 2. The maximum atomic E-state index is 16.3. The van der Waals surface area contributed by atoms with E-state index in [0.29, 0.717) is 73.8 Å². The third-order valence-corrected chi connectivity index (χ3v) is 13.2. The van der Waals surface area contributed by atoms with Crippen LogP contribution in [0.3, 0.4) is 0 Å². The Balaban J connectivity index is 1.38. The molecule has 0 aliphatic carbocycles. The Labute approximate surface area is 288 Å². The van der Waals surface area contributed by atoms with Crippen molar-refractivity contribution in [2.45, 2.75) is 94.8 Å². The number of aliphatic hydroxyl groups excluding tert-OH is 2. The molecule has 266 valence electrons. The van der Waals surface area contributed by atoms with E-state index in [-0.39, 0.29) is 37.5 Å². The van der Waals surface area contributed by atoms with Gasteiger partial charge < -0.3 is 39.3 Å². The van der Waals surface area contributed by atoms with Crippen LogP contribution in [0.15, 0.2) is 36.4 Å². The van der Waals surface area contributed by atoms with Gasteiger partial charge in [0.05, 0.1) is 43.5 Å². The van der Waals surface area contributed by atoms with Crippen LogP contribution in [0.2, 0.25) is 18.6 Å². The third kappa shape index (κ3) is 6.40. The molecule has 4 N–H and O–H groups in total. The van der Waals surface area contributed by atoms with Crippen molar-refractivity contribution in [1.29, 1.82) is 0 Å². The predicted molar refractivity (Wildman–Crippen MR) is 186 cm³/mol. The Hall–Kier alpha value is -3.36. The fraction of sp³-hybridized carbons (Fsp3) is 0.583. The fourth-order valence-corrected chi connectivity index (χ4v) is 11.1. The molecule has 4 aliphatic heterocycles. The maximum absolute atomic E-state index is 16.3. The number of amides is 3. The minimum Gasteiger partial charge on any atom is -0.494 e. The summed E-state index contributed by atoms with van der Waals surface area (Å²) in [5, 5.41) is 25.4. The lowest BCUT2D eigenvalue weighted by molar-refractivity contribution is -0.148. The van der Waals surface area contributed by atoms with Crippen LogP contribution in [0.4, 0.5) is 21.2 Å². The molecule has 49 heavy (non-hydrogen) atoms. The molecule has 2 aromatic rings. The van der Waals surface area contributed by atoms with E-state index in [1.54, 1.807) is 41.1 Å². The van der Waals surface area contributed by atoms with Crippen molar-refractivity contribution < 1.29 is 38.2 Å². The number of carbonyl (C=O) groups is 3. The lowest BCUT2D eigenvalue weighted by atomic mass is 9.82. The Morgan fingerprint density at radius 1 is 1.18 bits per heavy atom. The molecule has 1 unspecified atom stereocenters. The molecule has 1 spiro atoms. The van der Waals surface area contributed by atoms with Crippen LogP contribution in [0.5, 0.6) is 5.75 Å². The molecule has 13 heteroatoms. The zero-order chi connectivity index (χ0) is 35.1. The van der Waals surface area contributed by atoms with E-state index in [2.05, 4.69) is 10.6 Å². The second-order valence-electron chi connectivity index (χ2n) is 14.3. The van der Waals surface area contributed by atoms with Gasteiger partial charge in [-0.05, 0) is 101 Å². The summed E-state index contributed by atoms with van der Waals surface area (Å²) >= 11 is 0.